The van der Waals surface area contributed by atoms with E-state index in [-0.39, 0.29) is 60.7 Å². The second-order valence-corrected chi connectivity index (χ2v) is 11.5. The number of aromatic nitrogens is 2. The summed E-state index contributed by atoms with van der Waals surface area (Å²) in [5, 5.41) is 0. The van der Waals surface area contributed by atoms with Crippen molar-refractivity contribution in [1.29, 1.82) is 0 Å². The number of phosphoric acid groups is 2. The number of phosphoric ester groups is 2. The van der Waals surface area contributed by atoms with Gasteiger partial charge in [0, 0.05) is 24.8 Å². The summed E-state index contributed by atoms with van der Waals surface area (Å²) in [5.74, 6) is 0.895. The predicted octanol–water partition coefficient (Wildman–Crippen LogP) is 6.99. The molecule has 0 atom stereocenters. The molecule has 0 saturated carbocycles. The van der Waals surface area contributed by atoms with Gasteiger partial charge in [-0.3, -0.25) is 9.97 Å². The Morgan fingerprint density at radius 2 is 0.596 bits per heavy atom. The standard InChI is InChI=1S/2C12H11O4P.C10H8N2.Ca/c2*13-17(14,15-11-7-3-1-4-8-11)16-12-9-5-2-6-10-12;1-5-11-6-2-9(1)10-3-7-12-8-4-10;/h2*1-10H,(H,13,14);1-8H;/q;;;+2/p-2. The average Bonchev–Trinajstić information content (AvgIpc) is 3.07. The minimum atomic E-state index is -4.39. The Labute approximate surface area is 302 Å². The largest absolute Gasteiger partial charge is 2.00 e. The van der Waals surface area contributed by atoms with Crippen molar-refractivity contribution in [3.05, 3.63) is 170 Å². The normalized spacial score (nSPS) is 10.3. The summed E-state index contributed by atoms with van der Waals surface area (Å²) < 4.78 is 42.2. The van der Waals surface area contributed by atoms with Crippen LogP contribution in [0.2, 0.25) is 0 Å². The molecule has 0 spiro atoms. The second kappa shape index (κ2) is 19.6. The molecule has 10 nitrogen and oxygen atoms in total. The van der Waals surface area contributed by atoms with E-state index in [4.69, 9.17) is 18.1 Å². The summed E-state index contributed by atoms with van der Waals surface area (Å²) in [4.78, 5) is 31.0. The van der Waals surface area contributed by atoms with E-state index in [2.05, 4.69) is 9.97 Å². The Morgan fingerprint density at radius 3 is 0.809 bits per heavy atom. The van der Waals surface area contributed by atoms with Gasteiger partial charge >= 0.3 is 53.4 Å². The molecule has 0 unspecified atom stereocenters. The van der Waals surface area contributed by atoms with Crippen molar-refractivity contribution in [1.82, 2.24) is 9.97 Å². The minimum Gasteiger partial charge on any atom is -0.736 e. The number of rotatable bonds is 9. The Balaban J connectivity index is 0.000000192. The molecule has 0 N–H and O–H groups in total. The minimum absolute atomic E-state index is 0. The van der Waals surface area contributed by atoms with E-state index in [9.17, 15) is 18.9 Å². The van der Waals surface area contributed by atoms with Crippen molar-refractivity contribution in [3.63, 3.8) is 0 Å². The van der Waals surface area contributed by atoms with Crippen LogP contribution in [-0.2, 0) is 9.13 Å². The van der Waals surface area contributed by atoms with E-state index in [0.717, 1.165) is 0 Å². The zero-order valence-corrected chi connectivity index (χ0v) is 28.9. The first-order valence-electron chi connectivity index (χ1n) is 13.7. The molecule has 0 aliphatic carbocycles. The van der Waals surface area contributed by atoms with Crippen LogP contribution in [0, 0.1) is 0 Å². The van der Waals surface area contributed by atoms with Gasteiger partial charge in [-0.25, -0.2) is 9.13 Å². The van der Waals surface area contributed by atoms with Crippen LogP contribution in [0.4, 0.5) is 0 Å². The maximum Gasteiger partial charge on any atom is 2.00 e. The molecule has 2 aromatic heterocycles. The molecular weight excluding hydrogens is 666 g/mol. The Hall–Kier alpha value is -3.98. The van der Waals surface area contributed by atoms with E-state index < -0.39 is 15.6 Å². The number of pyridine rings is 2. The smallest absolute Gasteiger partial charge is 0.736 e. The van der Waals surface area contributed by atoms with Crippen molar-refractivity contribution in [2.24, 2.45) is 0 Å². The summed E-state index contributed by atoms with van der Waals surface area (Å²) in [6, 6.07) is 40.7. The summed E-state index contributed by atoms with van der Waals surface area (Å²) in [6.07, 6.45) is 7.15. The van der Waals surface area contributed by atoms with Crippen LogP contribution in [0.25, 0.3) is 11.1 Å². The zero-order chi connectivity index (χ0) is 32.5. The van der Waals surface area contributed by atoms with Crippen molar-refractivity contribution in [2.75, 3.05) is 0 Å². The number of hydrogen-bond donors (Lipinski definition) is 0. The molecule has 2 heterocycles. The third-order valence-corrected chi connectivity index (χ3v) is 7.27. The van der Waals surface area contributed by atoms with Gasteiger partial charge in [0.25, 0.3) is 0 Å². The fraction of sp³-hybridized carbons (Fsp3) is 0. The molecule has 4 aromatic carbocycles. The third kappa shape index (κ3) is 14.5. The van der Waals surface area contributed by atoms with Crippen LogP contribution in [0.5, 0.6) is 23.0 Å². The topological polar surface area (TPSA) is 143 Å². The van der Waals surface area contributed by atoms with Gasteiger partial charge in [0.1, 0.15) is 23.0 Å². The molecule has 0 aliphatic heterocycles. The van der Waals surface area contributed by atoms with Gasteiger partial charge in [0.2, 0.25) is 0 Å². The predicted molar refractivity (Wildman–Crippen MR) is 177 cm³/mol. The first-order chi connectivity index (χ1) is 22.3. The van der Waals surface area contributed by atoms with Crippen LogP contribution in [-0.4, -0.2) is 47.7 Å². The zero-order valence-electron chi connectivity index (χ0n) is 24.9. The van der Waals surface area contributed by atoms with Crippen LogP contribution in [0.3, 0.4) is 0 Å². The molecule has 13 heteroatoms. The average molecular weight is 695 g/mol. The number of hydrogen-bond acceptors (Lipinski definition) is 10. The van der Waals surface area contributed by atoms with Crippen molar-refractivity contribution < 1.29 is 37.0 Å². The van der Waals surface area contributed by atoms with Gasteiger partial charge in [-0.1, -0.05) is 72.8 Å². The van der Waals surface area contributed by atoms with E-state index >= 15 is 0 Å². The second-order valence-electron chi connectivity index (χ2n) is 8.98. The van der Waals surface area contributed by atoms with E-state index in [1.165, 1.54) is 11.1 Å². The van der Waals surface area contributed by atoms with Gasteiger partial charge in [-0.2, -0.15) is 0 Å². The summed E-state index contributed by atoms with van der Waals surface area (Å²) in [6.45, 7) is 0. The number of nitrogens with zero attached hydrogens (tertiary/aromatic N) is 2. The van der Waals surface area contributed by atoms with Crippen LogP contribution in [0.1, 0.15) is 0 Å². The van der Waals surface area contributed by atoms with Gasteiger partial charge in [0.05, 0.1) is 0 Å². The summed E-state index contributed by atoms with van der Waals surface area (Å²) in [7, 11) is -8.77. The monoisotopic (exact) mass is 694 g/mol. The molecule has 0 amide bonds. The Morgan fingerprint density at radius 1 is 0.383 bits per heavy atom. The quantitative estimate of drug-likeness (QED) is 0.115. The summed E-state index contributed by atoms with van der Waals surface area (Å²) >= 11 is 0. The van der Waals surface area contributed by atoms with Crippen molar-refractivity contribution in [2.45, 2.75) is 0 Å². The van der Waals surface area contributed by atoms with Gasteiger partial charge in [-0.05, 0) is 83.9 Å². The maximum atomic E-state index is 11.6. The Kier molecular flexibility index (Phi) is 15.7. The molecule has 0 aliphatic rings. The third-order valence-electron chi connectivity index (χ3n) is 5.54. The van der Waals surface area contributed by atoms with Gasteiger partial charge in [0.15, 0.2) is 0 Å². The fourth-order valence-corrected chi connectivity index (χ4v) is 5.16. The molecule has 6 rings (SSSR count). The van der Waals surface area contributed by atoms with E-state index in [0.29, 0.717) is 0 Å². The maximum absolute atomic E-state index is 11.6. The molecule has 0 saturated heterocycles. The molecule has 0 bridgehead atoms. The molecule has 6 aromatic rings. The van der Waals surface area contributed by atoms with Crippen LogP contribution < -0.4 is 27.9 Å². The van der Waals surface area contributed by atoms with E-state index in [1.54, 1.807) is 146 Å². The number of para-hydroxylation sites is 4. The van der Waals surface area contributed by atoms with Gasteiger partial charge < -0.3 is 27.9 Å². The van der Waals surface area contributed by atoms with E-state index in [1.807, 2.05) is 24.3 Å². The molecule has 234 valence electrons. The Bertz CT molecular complexity index is 1590. The molecule has 47 heavy (non-hydrogen) atoms. The summed E-state index contributed by atoms with van der Waals surface area (Å²) in [5.41, 5.74) is 2.35. The first-order valence-corrected chi connectivity index (χ1v) is 16.6. The van der Waals surface area contributed by atoms with Gasteiger partial charge in [-0.15, -0.1) is 0 Å². The first kappa shape index (κ1) is 37.5. The van der Waals surface area contributed by atoms with Crippen molar-refractivity contribution >= 4 is 53.4 Å². The SMILES string of the molecule is O=P([O-])(Oc1ccccc1)Oc1ccccc1.O=P([O-])(Oc1ccccc1)Oc1ccccc1.[Ca+2].c1cc(-c2ccncc2)ccn1. The molecule has 0 fully saturated rings. The molecular formula is C34H28CaN2O8P2. The molecule has 0 radical (unpaired) electrons. The van der Waals surface area contributed by atoms with Crippen molar-refractivity contribution in [3.8, 4) is 34.1 Å². The van der Waals surface area contributed by atoms with Crippen LogP contribution >= 0.6 is 15.6 Å². The fourth-order valence-electron chi connectivity index (χ4n) is 3.57. The van der Waals surface area contributed by atoms with Crippen LogP contribution in [0.15, 0.2) is 170 Å². The number of benzene rings is 4.